The molecule has 164 valence electrons. The summed E-state index contributed by atoms with van der Waals surface area (Å²) in [4.78, 5) is 12.3. The van der Waals surface area contributed by atoms with E-state index in [4.69, 9.17) is 14.0 Å². The molecule has 1 saturated heterocycles. The van der Waals surface area contributed by atoms with Crippen LogP contribution < -0.4 is 5.32 Å². The zero-order valence-electron chi connectivity index (χ0n) is 18.6. The largest absolute Gasteiger partial charge is 0.492 e. The highest BCUT2D eigenvalue weighted by Crippen LogP contribution is 2.38. The van der Waals surface area contributed by atoms with Crippen LogP contribution in [0.5, 0.6) is 0 Å². The van der Waals surface area contributed by atoms with Crippen LogP contribution in [-0.2, 0) is 27.3 Å². The summed E-state index contributed by atoms with van der Waals surface area (Å²) in [6.45, 7) is 8.36. The number of amides is 1. The standard InChI is InChI=1S/C24H30BNO5/c1-23(2)24(3,4)31-25(30-23)21(14-18-10-12-19(16-27)13-11-18)15-26-22(28)29-17-20-8-6-5-7-9-20/h5-14,27H,15-17H2,1-4H3,(H,26,28). The van der Waals surface area contributed by atoms with Gasteiger partial charge in [0.1, 0.15) is 6.61 Å². The third-order valence-corrected chi connectivity index (χ3v) is 5.72. The minimum absolute atomic E-state index is 0.0110. The third-order valence-electron chi connectivity index (χ3n) is 5.72. The smallest absolute Gasteiger partial charge is 0.445 e. The lowest BCUT2D eigenvalue weighted by atomic mass is 9.77. The molecule has 1 aliphatic rings. The highest BCUT2D eigenvalue weighted by atomic mass is 16.7. The molecule has 1 aliphatic heterocycles. The first-order chi connectivity index (χ1) is 14.7. The Kier molecular flexibility index (Phi) is 7.21. The molecule has 0 bridgehead atoms. The molecule has 1 heterocycles. The van der Waals surface area contributed by atoms with E-state index in [9.17, 15) is 9.90 Å². The quantitative estimate of drug-likeness (QED) is 0.656. The maximum Gasteiger partial charge on any atom is 0.492 e. The van der Waals surface area contributed by atoms with Crippen molar-refractivity contribution in [3.8, 4) is 0 Å². The number of benzene rings is 2. The van der Waals surface area contributed by atoms with Crippen molar-refractivity contribution in [2.75, 3.05) is 6.54 Å². The molecule has 2 aromatic rings. The van der Waals surface area contributed by atoms with Gasteiger partial charge >= 0.3 is 13.2 Å². The molecular weight excluding hydrogens is 393 g/mol. The fraction of sp³-hybridized carbons (Fsp3) is 0.375. The van der Waals surface area contributed by atoms with Crippen molar-refractivity contribution in [3.63, 3.8) is 0 Å². The van der Waals surface area contributed by atoms with Gasteiger partial charge in [-0.25, -0.2) is 4.79 Å². The van der Waals surface area contributed by atoms with Crippen LogP contribution in [0.1, 0.15) is 44.4 Å². The Morgan fingerprint density at radius 2 is 1.61 bits per heavy atom. The molecule has 31 heavy (non-hydrogen) atoms. The van der Waals surface area contributed by atoms with E-state index < -0.39 is 24.4 Å². The molecule has 0 saturated carbocycles. The van der Waals surface area contributed by atoms with Gasteiger partial charge in [0, 0.05) is 6.54 Å². The molecule has 0 radical (unpaired) electrons. The highest BCUT2D eigenvalue weighted by molar-refractivity contribution is 6.56. The van der Waals surface area contributed by atoms with Crippen molar-refractivity contribution in [2.24, 2.45) is 0 Å². The maximum atomic E-state index is 12.3. The number of aliphatic hydroxyl groups is 1. The lowest BCUT2D eigenvalue weighted by Crippen LogP contribution is -2.41. The molecule has 1 amide bonds. The van der Waals surface area contributed by atoms with Crippen molar-refractivity contribution >= 4 is 19.3 Å². The van der Waals surface area contributed by atoms with Gasteiger partial charge in [-0.3, -0.25) is 0 Å². The van der Waals surface area contributed by atoms with Gasteiger partial charge in [0.15, 0.2) is 0 Å². The summed E-state index contributed by atoms with van der Waals surface area (Å²) < 4.78 is 17.7. The molecule has 0 atom stereocenters. The van der Waals surface area contributed by atoms with Gasteiger partial charge < -0.3 is 24.5 Å². The Bertz CT molecular complexity index is 893. The second-order valence-electron chi connectivity index (χ2n) is 8.62. The summed E-state index contributed by atoms with van der Waals surface area (Å²) in [5, 5.41) is 12.1. The molecule has 1 fully saturated rings. The van der Waals surface area contributed by atoms with E-state index >= 15 is 0 Å². The average molecular weight is 423 g/mol. The maximum absolute atomic E-state index is 12.3. The lowest BCUT2D eigenvalue weighted by molar-refractivity contribution is 0.00578. The first-order valence-corrected chi connectivity index (χ1v) is 10.4. The van der Waals surface area contributed by atoms with Gasteiger partial charge in [-0.1, -0.05) is 60.7 Å². The van der Waals surface area contributed by atoms with E-state index in [-0.39, 0.29) is 19.8 Å². The van der Waals surface area contributed by atoms with Crippen LogP contribution in [0.3, 0.4) is 0 Å². The van der Waals surface area contributed by atoms with Crippen molar-refractivity contribution in [3.05, 3.63) is 76.8 Å². The van der Waals surface area contributed by atoms with Crippen LogP contribution in [0.2, 0.25) is 0 Å². The van der Waals surface area contributed by atoms with Gasteiger partial charge in [-0.15, -0.1) is 0 Å². The zero-order valence-corrected chi connectivity index (χ0v) is 18.6. The summed E-state index contributed by atoms with van der Waals surface area (Å²) in [5.74, 6) is 0. The normalized spacial score (nSPS) is 17.5. The molecule has 2 aromatic carbocycles. The minimum atomic E-state index is -0.600. The Balaban J connectivity index is 1.71. The Morgan fingerprint density at radius 1 is 1.00 bits per heavy atom. The van der Waals surface area contributed by atoms with Crippen molar-refractivity contribution < 1.29 is 23.9 Å². The second kappa shape index (κ2) is 9.68. The lowest BCUT2D eigenvalue weighted by Gasteiger charge is -2.32. The van der Waals surface area contributed by atoms with Crippen LogP contribution in [-0.4, -0.2) is 36.1 Å². The van der Waals surface area contributed by atoms with Gasteiger partial charge in [-0.2, -0.15) is 0 Å². The summed E-state index contributed by atoms with van der Waals surface area (Å²) in [5.41, 5.74) is 2.45. The molecule has 0 aliphatic carbocycles. The van der Waals surface area contributed by atoms with E-state index in [2.05, 4.69) is 5.32 Å². The van der Waals surface area contributed by atoms with Crippen molar-refractivity contribution in [1.82, 2.24) is 5.32 Å². The average Bonchev–Trinajstić information content (AvgIpc) is 2.97. The van der Waals surface area contributed by atoms with Crippen molar-refractivity contribution in [1.29, 1.82) is 0 Å². The topological polar surface area (TPSA) is 77.0 Å². The van der Waals surface area contributed by atoms with Crippen LogP contribution >= 0.6 is 0 Å². The van der Waals surface area contributed by atoms with Gasteiger partial charge in [-0.05, 0) is 49.9 Å². The number of rotatable bonds is 7. The Morgan fingerprint density at radius 3 is 2.19 bits per heavy atom. The molecule has 0 aromatic heterocycles. The van der Waals surface area contributed by atoms with Gasteiger partial charge in [0.25, 0.3) is 0 Å². The molecule has 2 N–H and O–H groups in total. The predicted octanol–water partition coefficient (Wildman–Crippen LogP) is 4.12. The number of carbonyl (C=O) groups is 1. The molecule has 0 unspecified atom stereocenters. The zero-order chi connectivity index (χ0) is 22.5. The number of ether oxygens (including phenoxy) is 1. The van der Waals surface area contributed by atoms with Crippen LogP contribution in [0.25, 0.3) is 6.08 Å². The predicted molar refractivity (Wildman–Crippen MR) is 121 cm³/mol. The minimum Gasteiger partial charge on any atom is -0.445 e. The molecule has 0 spiro atoms. The number of carbonyl (C=O) groups excluding carboxylic acids is 1. The Hall–Kier alpha value is -2.61. The monoisotopic (exact) mass is 423 g/mol. The summed E-state index contributed by atoms with van der Waals surface area (Å²) in [7, 11) is -0.600. The summed E-state index contributed by atoms with van der Waals surface area (Å²) >= 11 is 0. The van der Waals surface area contributed by atoms with E-state index in [0.29, 0.717) is 0 Å². The van der Waals surface area contributed by atoms with E-state index in [0.717, 1.165) is 22.2 Å². The SMILES string of the molecule is CC1(C)OB(C(=Cc2ccc(CO)cc2)CNC(=O)OCc2ccccc2)OC1(C)C. The number of hydrogen-bond donors (Lipinski definition) is 2. The van der Waals surface area contributed by atoms with E-state index in [1.54, 1.807) is 0 Å². The molecule has 3 rings (SSSR count). The fourth-order valence-corrected chi connectivity index (χ4v) is 3.08. The van der Waals surface area contributed by atoms with Gasteiger partial charge in [0.05, 0.1) is 17.8 Å². The highest BCUT2D eigenvalue weighted by Gasteiger charge is 2.52. The number of aliphatic hydroxyl groups excluding tert-OH is 1. The second-order valence-corrected chi connectivity index (χ2v) is 8.62. The van der Waals surface area contributed by atoms with E-state index in [1.165, 1.54) is 0 Å². The number of alkyl carbamates (subject to hydrolysis) is 1. The summed E-state index contributed by atoms with van der Waals surface area (Å²) in [6, 6.07) is 17.0. The Labute approximate surface area is 184 Å². The van der Waals surface area contributed by atoms with Crippen molar-refractivity contribution in [2.45, 2.75) is 52.1 Å². The molecule has 7 heteroatoms. The first-order valence-electron chi connectivity index (χ1n) is 10.4. The van der Waals surface area contributed by atoms with Crippen LogP contribution in [0.4, 0.5) is 4.79 Å². The third kappa shape index (κ3) is 5.97. The number of nitrogens with one attached hydrogen (secondary N) is 1. The van der Waals surface area contributed by atoms with Gasteiger partial charge in [0.2, 0.25) is 0 Å². The van der Waals surface area contributed by atoms with Crippen LogP contribution in [0, 0.1) is 0 Å². The molecular formula is C24H30BNO5. The van der Waals surface area contributed by atoms with Crippen LogP contribution in [0.15, 0.2) is 60.1 Å². The fourth-order valence-electron chi connectivity index (χ4n) is 3.08. The molecule has 6 nitrogen and oxygen atoms in total. The van der Waals surface area contributed by atoms with E-state index in [1.807, 2.05) is 88.4 Å². The summed E-state index contributed by atoms with van der Waals surface area (Å²) in [6.07, 6.45) is 1.42. The number of hydrogen-bond acceptors (Lipinski definition) is 5. The first kappa shape index (κ1) is 23.1.